The number of hydrogen-bond donors (Lipinski definition) is 1. The number of rotatable bonds is 5. The maximum atomic E-state index is 11.4. The fourth-order valence-corrected chi connectivity index (χ4v) is 3.42. The van der Waals surface area contributed by atoms with E-state index in [0.29, 0.717) is 0 Å². The lowest BCUT2D eigenvalue weighted by Gasteiger charge is -2.34. The molecule has 1 atom stereocenters. The quantitative estimate of drug-likeness (QED) is 0.915. The van der Waals surface area contributed by atoms with Crippen molar-refractivity contribution in [3.05, 3.63) is 23.5 Å². The molecule has 3 heterocycles. The summed E-state index contributed by atoms with van der Waals surface area (Å²) < 4.78 is 1.97. The number of aryl methyl sites for hydroxylation is 2. The first-order valence-corrected chi connectivity index (χ1v) is 8.95. The van der Waals surface area contributed by atoms with E-state index in [1.165, 1.54) is 0 Å². The number of piperidine rings is 1. The Balaban J connectivity index is 1.89. The van der Waals surface area contributed by atoms with Crippen molar-refractivity contribution in [2.45, 2.75) is 58.9 Å². The summed E-state index contributed by atoms with van der Waals surface area (Å²) in [7, 11) is 0. The summed E-state index contributed by atoms with van der Waals surface area (Å²) in [5, 5.41) is 7.83. The lowest BCUT2D eigenvalue weighted by atomic mass is 10.1. The Morgan fingerprint density at radius 1 is 1.42 bits per heavy atom. The number of nitrogens with one attached hydrogen (secondary N) is 1. The van der Waals surface area contributed by atoms with Gasteiger partial charge in [0, 0.05) is 43.9 Å². The molecule has 24 heavy (non-hydrogen) atoms. The van der Waals surface area contributed by atoms with Crippen LogP contribution < -0.4 is 10.2 Å². The zero-order valence-electron chi connectivity index (χ0n) is 14.9. The molecule has 1 fully saturated rings. The highest BCUT2D eigenvalue weighted by Crippen LogP contribution is 2.22. The number of carbonyl (C=O) groups is 1. The summed E-state index contributed by atoms with van der Waals surface area (Å²) in [5.74, 6) is 1.12. The molecule has 6 heteroatoms. The van der Waals surface area contributed by atoms with Crippen LogP contribution in [0.1, 0.15) is 50.9 Å². The molecule has 0 saturated carbocycles. The number of aromatic nitrogens is 3. The van der Waals surface area contributed by atoms with Crippen molar-refractivity contribution in [1.29, 1.82) is 0 Å². The second kappa shape index (κ2) is 7.20. The molecule has 2 aromatic heterocycles. The Morgan fingerprint density at radius 3 is 3.00 bits per heavy atom. The van der Waals surface area contributed by atoms with Gasteiger partial charge in [-0.25, -0.2) is 4.98 Å². The molecule has 0 bridgehead atoms. The monoisotopic (exact) mass is 329 g/mol. The molecule has 1 amide bonds. The standard InChI is InChI=1S/C18H27N5O/c1-4-5-7-15-11-17-19-13(2)10-18(23(17)21-15)22-9-6-8-16(12-22)20-14(3)24/h10-11,16H,4-9,12H2,1-3H3,(H,20,24). The molecule has 0 radical (unpaired) electrons. The summed E-state index contributed by atoms with van der Waals surface area (Å²) in [5.41, 5.74) is 3.02. The number of anilines is 1. The van der Waals surface area contributed by atoms with Crippen LogP contribution in [0, 0.1) is 6.92 Å². The van der Waals surface area contributed by atoms with Gasteiger partial charge in [0.1, 0.15) is 5.82 Å². The number of carbonyl (C=O) groups excluding carboxylic acids is 1. The lowest BCUT2D eigenvalue weighted by molar-refractivity contribution is -0.119. The molecular weight excluding hydrogens is 302 g/mol. The minimum absolute atomic E-state index is 0.0406. The number of hydrogen-bond acceptors (Lipinski definition) is 4. The third kappa shape index (κ3) is 3.68. The van der Waals surface area contributed by atoms with Crippen molar-refractivity contribution >= 4 is 17.4 Å². The Bertz CT molecular complexity index is 724. The van der Waals surface area contributed by atoms with Crippen molar-refractivity contribution in [2.24, 2.45) is 0 Å². The van der Waals surface area contributed by atoms with Crippen LogP contribution in [0.3, 0.4) is 0 Å². The maximum absolute atomic E-state index is 11.4. The van der Waals surface area contributed by atoms with Gasteiger partial charge in [-0.3, -0.25) is 4.79 Å². The molecule has 1 unspecified atom stereocenters. The van der Waals surface area contributed by atoms with E-state index in [1.807, 2.05) is 11.4 Å². The van der Waals surface area contributed by atoms with Gasteiger partial charge in [-0.15, -0.1) is 0 Å². The van der Waals surface area contributed by atoms with Crippen LogP contribution in [-0.2, 0) is 11.2 Å². The molecule has 0 aromatic carbocycles. The number of nitrogens with zero attached hydrogens (tertiary/aromatic N) is 4. The van der Waals surface area contributed by atoms with Crippen molar-refractivity contribution in [2.75, 3.05) is 18.0 Å². The fraction of sp³-hybridized carbons (Fsp3) is 0.611. The minimum Gasteiger partial charge on any atom is -0.354 e. The van der Waals surface area contributed by atoms with E-state index < -0.39 is 0 Å². The second-order valence-corrected chi connectivity index (χ2v) is 6.75. The third-order valence-corrected chi connectivity index (χ3v) is 4.53. The van der Waals surface area contributed by atoms with Gasteiger partial charge in [0.25, 0.3) is 0 Å². The summed E-state index contributed by atoms with van der Waals surface area (Å²) in [4.78, 5) is 18.3. The Hall–Kier alpha value is -2.11. The van der Waals surface area contributed by atoms with E-state index in [2.05, 4.69) is 34.3 Å². The first kappa shape index (κ1) is 16.7. The third-order valence-electron chi connectivity index (χ3n) is 4.53. The molecule has 3 rings (SSSR count). The topological polar surface area (TPSA) is 62.5 Å². The summed E-state index contributed by atoms with van der Waals surface area (Å²) in [6.45, 7) is 7.61. The minimum atomic E-state index is 0.0406. The van der Waals surface area contributed by atoms with Gasteiger partial charge in [-0.05, 0) is 32.6 Å². The van der Waals surface area contributed by atoms with E-state index in [1.54, 1.807) is 6.92 Å². The van der Waals surface area contributed by atoms with Crippen LogP contribution in [0.4, 0.5) is 5.82 Å². The van der Waals surface area contributed by atoms with Gasteiger partial charge >= 0.3 is 0 Å². The van der Waals surface area contributed by atoms with Crippen molar-refractivity contribution in [3.8, 4) is 0 Å². The summed E-state index contributed by atoms with van der Waals surface area (Å²) in [6.07, 6.45) is 5.40. The van der Waals surface area contributed by atoms with E-state index >= 15 is 0 Å². The molecule has 1 N–H and O–H groups in total. The Morgan fingerprint density at radius 2 is 2.25 bits per heavy atom. The SMILES string of the molecule is CCCCc1cc2nc(C)cc(N3CCCC(NC(C)=O)C3)n2n1. The zero-order chi connectivity index (χ0) is 17.1. The predicted octanol–water partition coefficient (Wildman–Crippen LogP) is 2.49. The van der Waals surface area contributed by atoms with Gasteiger partial charge in [-0.1, -0.05) is 13.3 Å². The first-order valence-electron chi connectivity index (χ1n) is 8.95. The van der Waals surface area contributed by atoms with Crippen molar-refractivity contribution in [1.82, 2.24) is 19.9 Å². The predicted molar refractivity (Wildman–Crippen MR) is 95.4 cm³/mol. The van der Waals surface area contributed by atoms with Crippen LogP contribution in [0.25, 0.3) is 5.65 Å². The molecule has 130 valence electrons. The molecule has 2 aromatic rings. The van der Waals surface area contributed by atoms with Crippen LogP contribution in [-0.4, -0.2) is 39.6 Å². The normalized spacial score (nSPS) is 18.1. The molecule has 1 saturated heterocycles. The average Bonchev–Trinajstić information content (AvgIpc) is 2.94. The number of fused-ring (bicyclic) bond motifs is 1. The molecule has 0 spiro atoms. The van der Waals surface area contributed by atoms with Crippen LogP contribution in [0.5, 0.6) is 0 Å². The highest BCUT2D eigenvalue weighted by molar-refractivity contribution is 5.73. The maximum Gasteiger partial charge on any atom is 0.217 e. The van der Waals surface area contributed by atoms with Crippen LogP contribution >= 0.6 is 0 Å². The largest absolute Gasteiger partial charge is 0.354 e. The van der Waals surface area contributed by atoms with Gasteiger partial charge in [-0.2, -0.15) is 9.61 Å². The van der Waals surface area contributed by atoms with Gasteiger partial charge in [0.2, 0.25) is 5.91 Å². The molecular formula is C18H27N5O. The first-order chi connectivity index (χ1) is 11.6. The van der Waals surface area contributed by atoms with Crippen molar-refractivity contribution < 1.29 is 4.79 Å². The highest BCUT2D eigenvalue weighted by atomic mass is 16.1. The molecule has 6 nitrogen and oxygen atoms in total. The smallest absolute Gasteiger partial charge is 0.217 e. The molecule has 0 aliphatic carbocycles. The van der Waals surface area contributed by atoms with Gasteiger partial charge in [0.15, 0.2) is 5.65 Å². The summed E-state index contributed by atoms with van der Waals surface area (Å²) in [6, 6.07) is 4.40. The number of amides is 1. The van der Waals surface area contributed by atoms with E-state index in [-0.39, 0.29) is 11.9 Å². The van der Waals surface area contributed by atoms with E-state index in [0.717, 1.165) is 68.0 Å². The number of unbranched alkanes of at least 4 members (excludes halogenated alkanes) is 1. The van der Waals surface area contributed by atoms with Crippen LogP contribution in [0.15, 0.2) is 12.1 Å². The zero-order valence-corrected chi connectivity index (χ0v) is 14.9. The van der Waals surface area contributed by atoms with Crippen molar-refractivity contribution in [3.63, 3.8) is 0 Å². The average molecular weight is 329 g/mol. The molecule has 1 aliphatic heterocycles. The lowest BCUT2D eigenvalue weighted by Crippen LogP contribution is -2.47. The van der Waals surface area contributed by atoms with Gasteiger partial charge < -0.3 is 10.2 Å². The second-order valence-electron chi connectivity index (χ2n) is 6.75. The van der Waals surface area contributed by atoms with Crippen LogP contribution in [0.2, 0.25) is 0 Å². The molecule has 1 aliphatic rings. The van der Waals surface area contributed by atoms with E-state index in [9.17, 15) is 4.79 Å². The fourth-order valence-electron chi connectivity index (χ4n) is 3.42. The summed E-state index contributed by atoms with van der Waals surface area (Å²) >= 11 is 0. The highest BCUT2D eigenvalue weighted by Gasteiger charge is 2.23. The van der Waals surface area contributed by atoms with E-state index in [4.69, 9.17) is 5.10 Å². The van der Waals surface area contributed by atoms with Gasteiger partial charge in [0.05, 0.1) is 5.69 Å². The Labute approximate surface area is 143 Å². The Kier molecular flexibility index (Phi) is 5.02.